The van der Waals surface area contributed by atoms with Crippen LogP contribution in [0.5, 0.6) is 0 Å². The van der Waals surface area contributed by atoms with Crippen LogP contribution in [0.2, 0.25) is 0 Å². The largest absolute Gasteiger partial charge is 0.369 e. The third-order valence-corrected chi connectivity index (χ3v) is 5.81. The predicted molar refractivity (Wildman–Crippen MR) is 87.6 cm³/mol. The van der Waals surface area contributed by atoms with E-state index >= 15 is 0 Å². The molecule has 0 fully saturated rings. The third kappa shape index (κ3) is 5.26. The molecule has 8 heteroatoms. The molecule has 0 spiro atoms. The second-order valence-electron chi connectivity index (χ2n) is 4.44. The summed E-state index contributed by atoms with van der Waals surface area (Å²) in [5, 5.41) is 0. The highest BCUT2D eigenvalue weighted by Gasteiger charge is 2.11. The summed E-state index contributed by atoms with van der Waals surface area (Å²) in [6.45, 7) is 1.86. The maximum Gasteiger partial charge on any atom is 0.288 e. The Bertz CT molecular complexity index is 644. The van der Waals surface area contributed by atoms with Crippen molar-refractivity contribution in [2.24, 2.45) is 5.73 Å². The third-order valence-electron chi connectivity index (χ3n) is 2.72. The number of primary amides is 1. The minimum atomic E-state index is -2.40. The molecule has 2 rings (SSSR count). The molecule has 2 aromatic rings. The van der Waals surface area contributed by atoms with Crippen LogP contribution in [0.4, 0.5) is 8.78 Å². The lowest BCUT2D eigenvalue weighted by molar-refractivity contribution is -0.117. The average molecular weight is 360 g/mol. The summed E-state index contributed by atoms with van der Waals surface area (Å²) in [5.41, 5.74) is 7.06. The van der Waals surface area contributed by atoms with Gasteiger partial charge in [0.2, 0.25) is 5.91 Å². The maximum absolute atomic E-state index is 12.2. The van der Waals surface area contributed by atoms with Crippen LogP contribution >= 0.6 is 34.9 Å². The summed E-state index contributed by atoms with van der Waals surface area (Å²) >= 11 is 3.56. The highest BCUT2D eigenvalue weighted by atomic mass is 32.2. The molecule has 2 N–H and O–H groups in total. The van der Waals surface area contributed by atoms with Gasteiger partial charge in [-0.15, -0.1) is 11.3 Å². The van der Waals surface area contributed by atoms with E-state index in [2.05, 4.69) is 4.98 Å². The van der Waals surface area contributed by atoms with Crippen LogP contribution in [0.3, 0.4) is 0 Å². The standard InChI is InChI=1S/C14H14F2N2OS3/c1-8-11(6-12(17)19)22-14(18-8)20-7-9-2-4-10(5-3-9)21-13(15)16/h2-5,13H,6-7H2,1H3,(H2,17,19). The summed E-state index contributed by atoms with van der Waals surface area (Å²) in [4.78, 5) is 16.8. The zero-order valence-corrected chi connectivity index (χ0v) is 14.2. The number of hydrogen-bond acceptors (Lipinski definition) is 5. The fourth-order valence-corrected chi connectivity index (χ4v) is 4.40. The van der Waals surface area contributed by atoms with E-state index in [0.29, 0.717) is 22.4 Å². The lowest BCUT2D eigenvalue weighted by Crippen LogP contribution is -2.13. The van der Waals surface area contributed by atoms with E-state index in [4.69, 9.17) is 5.73 Å². The van der Waals surface area contributed by atoms with Gasteiger partial charge in [0.25, 0.3) is 5.76 Å². The van der Waals surface area contributed by atoms with Crippen molar-refractivity contribution in [3.05, 3.63) is 40.4 Å². The van der Waals surface area contributed by atoms with E-state index in [1.807, 2.05) is 19.1 Å². The average Bonchev–Trinajstić information content (AvgIpc) is 2.77. The van der Waals surface area contributed by atoms with E-state index < -0.39 is 5.76 Å². The Morgan fingerprint density at radius 2 is 2.05 bits per heavy atom. The first-order chi connectivity index (χ1) is 10.4. The van der Waals surface area contributed by atoms with Crippen LogP contribution in [0.25, 0.3) is 0 Å². The molecule has 0 radical (unpaired) electrons. The Morgan fingerprint density at radius 3 is 2.64 bits per heavy atom. The van der Waals surface area contributed by atoms with Crippen LogP contribution in [0, 0.1) is 6.92 Å². The second-order valence-corrected chi connectivity index (χ2v) is 7.81. The number of rotatable bonds is 7. The number of aryl methyl sites for hydroxylation is 1. The van der Waals surface area contributed by atoms with E-state index in [1.54, 1.807) is 23.9 Å². The van der Waals surface area contributed by atoms with Gasteiger partial charge in [-0.1, -0.05) is 35.7 Å². The zero-order chi connectivity index (χ0) is 16.1. The van der Waals surface area contributed by atoms with Crippen molar-refractivity contribution in [3.8, 4) is 0 Å². The number of thioether (sulfide) groups is 2. The maximum atomic E-state index is 12.2. The van der Waals surface area contributed by atoms with Crippen LogP contribution in [-0.2, 0) is 17.0 Å². The van der Waals surface area contributed by atoms with Gasteiger partial charge in [-0.25, -0.2) is 4.98 Å². The fourth-order valence-electron chi connectivity index (χ4n) is 1.70. The molecular formula is C14H14F2N2OS3. The number of amides is 1. The quantitative estimate of drug-likeness (QED) is 0.756. The Hall–Kier alpha value is -1.12. The molecule has 118 valence electrons. The minimum absolute atomic E-state index is 0.212. The molecule has 1 heterocycles. The van der Waals surface area contributed by atoms with Crippen molar-refractivity contribution in [2.45, 2.75) is 34.1 Å². The zero-order valence-electron chi connectivity index (χ0n) is 11.7. The van der Waals surface area contributed by atoms with Gasteiger partial charge in [-0.05, 0) is 24.6 Å². The van der Waals surface area contributed by atoms with Gasteiger partial charge >= 0.3 is 0 Å². The van der Waals surface area contributed by atoms with E-state index in [-0.39, 0.29) is 12.3 Å². The number of hydrogen-bond donors (Lipinski definition) is 1. The van der Waals surface area contributed by atoms with Gasteiger partial charge in [-0.3, -0.25) is 4.79 Å². The number of carbonyl (C=O) groups is 1. The molecule has 0 bridgehead atoms. The Morgan fingerprint density at radius 1 is 1.36 bits per heavy atom. The fraction of sp³-hybridized carbons (Fsp3) is 0.286. The number of nitrogens with two attached hydrogens (primary N) is 1. The van der Waals surface area contributed by atoms with E-state index in [9.17, 15) is 13.6 Å². The van der Waals surface area contributed by atoms with Gasteiger partial charge in [0.15, 0.2) is 4.34 Å². The monoisotopic (exact) mass is 360 g/mol. The van der Waals surface area contributed by atoms with Crippen LogP contribution in [0.1, 0.15) is 16.1 Å². The van der Waals surface area contributed by atoms with Gasteiger partial charge in [0, 0.05) is 15.5 Å². The normalized spacial score (nSPS) is 11.1. The highest BCUT2D eigenvalue weighted by molar-refractivity contribution is 8.00. The number of thiazole rings is 1. The summed E-state index contributed by atoms with van der Waals surface area (Å²) in [5.74, 6) is -2.07. The molecule has 3 nitrogen and oxygen atoms in total. The molecular weight excluding hydrogens is 346 g/mol. The van der Waals surface area contributed by atoms with Gasteiger partial charge in [0.05, 0.1) is 12.1 Å². The van der Waals surface area contributed by atoms with Gasteiger partial charge < -0.3 is 5.73 Å². The van der Waals surface area contributed by atoms with Crippen LogP contribution in [0.15, 0.2) is 33.5 Å². The molecule has 0 aliphatic rings. The first-order valence-corrected chi connectivity index (χ1v) is 9.03. The molecule has 22 heavy (non-hydrogen) atoms. The number of alkyl halides is 2. The molecule has 1 aromatic carbocycles. The summed E-state index contributed by atoms with van der Waals surface area (Å²) in [6.07, 6.45) is 0.212. The predicted octanol–water partition coefficient (Wildman–Crippen LogP) is 4.09. The molecule has 1 amide bonds. The van der Waals surface area contributed by atoms with Crippen LogP contribution < -0.4 is 5.73 Å². The van der Waals surface area contributed by atoms with Crippen LogP contribution in [-0.4, -0.2) is 16.6 Å². The number of nitrogens with zero attached hydrogens (tertiary/aromatic N) is 1. The number of benzene rings is 1. The molecule has 0 aliphatic heterocycles. The topological polar surface area (TPSA) is 56.0 Å². The van der Waals surface area contributed by atoms with Gasteiger partial charge in [0.1, 0.15) is 0 Å². The van der Waals surface area contributed by atoms with E-state index in [0.717, 1.165) is 20.5 Å². The Labute approximate surface area is 139 Å². The highest BCUT2D eigenvalue weighted by Crippen LogP contribution is 2.31. The van der Waals surface area contributed by atoms with Crippen molar-refractivity contribution >= 4 is 40.8 Å². The molecule has 1 aromatic heterocycles. The summed E-state index contributed by atoms with van der Waals surface area (Å²) in [7, 11) is 0. The first-order valence-electron chi connectivity index (χ1n) is 6.35. The minimum Gasteiger partial charge on any atom is -0.369 e. The molecule has 0 unspecified atom stereocenters. The number of aromatic nitrogens is 1. The Balaban J connectivity index is 1.94. The van der Waals surface area contributed by atoms with Crippen molar-refractivity contribution < 1.29 is 13.6 Å². The lowest BCUT2D eigenvalue weighted by Gasteiger charge is -2.02. The van der Waals surface area contributed by atoms with Gasteiger partial charge in [-0.2, -0.15) is 8.78 Å². The second kappa shape index (κ2) is 7.94. The number of carbonyl (C=O) groups excluding carboxylic acids is 1. The summed E-state index contributed by atoms with van der Waals surface area (Å²) < 4.78 is 25.4. The summed E-state index contributed by atoms with van der Waals surface area (Å²) in [6, 6.07) is 7.06. The van der Waals surface area contributed by atoms with Crippen molar-refractivity contribution in [2.75, 3.05) is 0 Å². The van der Waals surface area contributed by atoms with Crippen molar-refractivity contribution in [1.29, 1.82) is 0 Å². The Kier molecular flexibility index (Phi) is 6.22. The van der Waals surface area contributed by atoms with Crippen molar-refractivity contribution in [3.63, 3.8) is 0 Å². The molecule has 0 saturated carbocycles. The molecule has 0 atom stereocenters. The first kappa shape index (κ1) is 17.2. The molecule has 0 aliphatic carbocycles. The van der Waals surface area contributed by atoms with Crippen molar-refractivity contribution in [1.82, 2.24) is 4.98 Å². The lowest BCUT2D eigenvalue weighted by atomic mass is 10.2. The van der Waals surface area contributed by atoms with E-state index in [1.165, 1.54) is 11.3 Å². The molecule has 0 saturated heterocycles. The number of halogens is 2. The smallest absolute Gasteiger partial charge is 0.288 e. The SMILES string of the molecule is Cc1nc(SCc2ccc(SC(F)F)cc2)sc1CC(N)=O.